The van der Waals surface area contributed by atoms with Crippen LogP contribution in [0.4, 0.5) is 0 Å². The highest BCUT2D eigenvalue weighted by Gasteiger charge is 2.41. The van der Waals surface area contributed by atoms with Crippen molar-refractivity contribution in [3.05, 3.63) is 53.9 Å². The molecule has 1 unspecified atom stereocenters. The summed E-state index contributed by atoms with van der Waals surface area (Å²) < 4.78 is 1.75. The molecular formula is C18H25ClN4O2. The number of aliphatic hydroxyl groups is 1. The normalized spacial score (nSPS) is 17.4. The monoisotopic (exact) mass is 364 g/mol. The highest BCUT2D eigenvalue weighted by atomic mass is 35.5. The van der Waals surface area contributed by atoms with Crippen LogP contribution in [0.3, 0.4) is 0 Å². The number of carbonyl (C=O) groups is 1. The number of halogens is 1. The molecule has 7 heteroatoms. The fourth-order valence-electron chi connectivity index (χ4n) is 3.18. The summed E-state index contributed by atoms with van der Waals surface area (Å²) in [6.07, 6.45) is 4.17. The molecule has 1 aliphatic rings. The van der Waals surface area contributed by atoms with Gasteiger partial charge in [-0.05, 0) is 44.5 Å². The summed E-state index contributed by atoms with van der Waals surface area (Å²) in [4.78, 5) is 12.9. The molecule has 2 heterocycles. The molecule has 2 aromatic rings. The average Bonchev–Trinajstić information content (AvgIpc) is 3.15. The van der Waals surface area contributed by atoms with Gasteiger partial charge in [-0.1, -0.05) is 29.8 Å². The number of aromatic nitrogens is 2. The smallest absolute Gasteiger partial charge is 0.248 e. The quantitative estimate of drug-likeness (QED) is 0.752. The van der Waals surface area contributed by atoms with Gasteiger partial charge in [0.15, 0.2) is 0 Å². The summed E-state index contributed by atoms with van der Waals surface area (Å²) in [7, 11) is 0. The van der Waals surface area contributed by atoms with Crippen molar-refractivity contribution >= 4 is 18.3 Å². The zero-order valence-electron chi connectivity index (χ0n) is 14.3. The van der Waals surface area contributed by atoms with Gasteiger partial charge >= 0.3 is 0 Å². The first-order valence-corrected chi connectivity index (χ1v) is 8.36. The molecule has 1 saturated heterocycles. The number of carbonyl (C=O) groups excluding carboxylic acids is 1. The molecule has 0 radical (unpaired) electrons. The lowest BCUT2D eigenvalue weighted by Crippen LogP contribution is -2.55. The van der Waals surface area contributed by atoms with Crippen LogP contribution in [0.25, 0.3) is 0 Å². The molecule has 0 aliphatic carbocycles. The van der Waals surface area contributed by atoms with Crippen LogP contribution in [-0.4, -0.2) is 40.4 Å². The minimum Gasteiger partial charge on any atom is -0.387 e. The van der Waals surface area contributed by atoms with Gasteiger partial charge in [-0.15, -0.1) is 12.4 Å². The number of nitrogens with one attached hydrogen (secondary N) is 2. The number of hydrogen-bond acceptors (Lipinski definition) is 4. The van der Waals surface area contributed by atoms with Crippen LogP contribution in [0.1, 0.15) is 30.1 Å². The van der Waals surface area contributed by atoms with E-state index in [0.29, 0.717) is 12.8 Å². The summed E-state index contributed by atoms with van der Waals surface area (Å²) in [5, 5.41) is 20.8. The topological polar surface area (TPSA) is 79.2 Å². The number of piperidine rings is 1. The molecule has 1 aliphatic heterocycles. The van der Waals surface area contributed by atoms with E-state index in [2.05, 4.69) is 15.7 Å². The third-order valence-electron chi connectivity index (χ3n) is 4.71. The Morgan fingerprint density at radius 2 is 2.04 bits per heavy atom. The molecule has 1 amide bonds. The molecular weight excluding hydrogens is 340 g/mol. The molecule has 3 N–H and O–H groups in total. The lowest BCUT2D eigenvalue weighted by molar-refractivity contribution is -0.132. The third-order valence-corrected chi connectivity index (χ3v) is 4.71. The first kappa shape index (κ1) is 19.4. The van der Waals surface area contributed by atoms with Gasteiger partial charge in [-0.2, -0.15) is 5.10 Å². The van der Waals surface area contributed by atoms with Crippen LogP contribution in [0.5, 0.6) is 0 Å². The van der Waals surface area contributed by atoms with Crippen LogP contribution >= 0.6 is 12.4 Å². The van der Waals surface area contributed by atoms with Crippen LogP contribution in [0.15, 0.2) is 42.7 Å². The Morgan fingerprint density at radius 1 is 1.36 bits per heavy atom. The highest BCUT2D eigenvalue weighted by Crippen LogP contribution is 2.27. The Morgan fingerprint density at radius 3 is 2.64 bits per heavy atom. The van der Waals surface area contributed by atoms with E-state index in [-0.39, 0.29) is 24.9 Å². The van der Waals surface area contributed by atoms with E-state index in [1.807, 2.05) is 43.5 Å². The second-order valence-electron chi connectivity index (χ2n) is 6.37. The van der Waals surface area contributed by atoms with Crippen molar-refractivity contribution in [1.82, 2.24) is 20.4 Å². The minimum atomic E-state index is -0.717. The predicted octanol–water partition coefficient (Wildman–Crippen LogP) is 1.54. The predicted molar refractivity (Wildman–Crippen MR) is 98.7 cm³/mol. The largest absolute Gasteiger partial charge is 0.387 e. The van der Waals surface area contributed by atoms with Crippen LogP contribution in [0.2, 0.25) is 0 Å². The maximum Gasteiger partial charge on any atom is 0.248 e. The van der Waals surface area contributed by atoms with Crippen molar-refractivity contribution in [2.75, 3.05) is 19.6 Å². The van der Waals surface area contributed by atoms with Crippen LogP contribution in [-0.2, 0) is 10.3 Å². The number of rotatable bonds is 5. The van der Waals surface area contributed by atoms with E-state index in [1.54, 1.807) is 10.9 Å². The molecule has 1 aromatic carbocycles. The van der Waals surface area contributed by atoms with Crippen molar-refractivity contribution in [2.24, 2.45) is 0 Å². The number of aliphatic hydroxyl groups excluding tert-OH is 1. The first-order chi connectivity index (χ1) is 11.6. The number of aryl methyl sites for hydroxylation is 1. The van der Waals surface area contributed by atoms with E-state index in [4.69, 9.17) is 0 Å². The Labute approximate surface area is 154 Å². The van der Waals surface area contributed by atoms with Crippen LogP contribution in [0, 0.1) is 6.92 Å². The van der Waals surface area contributed by atoms with Gasteiger partial charge in [0.2, 0.25) is 5.91 Å². The lowest BCUT2D eigenvalue weighted by Gasteiger charge is -2.36. The molecule has 136 valence electrons. The zero-order chi connectivity index (χ0) is 17.0. The molecule has 0 saturated carbocycles. The van der Waals surface area contributed by atoms with Gasteiger partial charge in [-0.25, -0.2) is 0 Å². The Balaban J connectivity index is 0.00000225. The number of hydrogen-bond donors (Lipinski definition) is 3. The summed E-state index contributed by atoms with van der Waals surface area (Å²) >= 11 is 0. The maximum absolute atomic E-state index is 12.9. The van der Waals surface area contributed by atoms with Gasteiger partial charge in [0.1, 0.15) is 5.54 Å². The number of amides is 1. The van der Waals surface area contributed by atoms with E-state index in [9.17, 15) is 9.90 Å². The molecule has 25 heavy (non-hydrogen) atoms. The fraction of sp³-hybridized carbons (Fsp3) is 0.444. The number of benzene rings is 1. The Kier molecular flexibility index (Phi) is 6.58. The van der Waals surface area contributed by atoms with Gasteiger partial charge in [0, 0.05) is 18.9 Å². The van der Waals surface area contributed by atoms with Crippen molar-refractivity contribution in [2.45, 2.75) is 31.4 Å². The summed E-state index contributed by atoms with van der Waals surface area (Å²) in [5.41, 5.74) is 1.27. The second kappa shape index (κ2) is 8.47. The molecule has 3 rings (SSSR count). The Bertz CT molecular complexity index is 667. The van der Waals surface area contributed by atoms with Crippen molar-refractivity contribution in [3.63, 3.8) is 0 Å². The maximum atomic E-state index is 12.9. The second-order valence-corrected chi connectivity index (χ2v) is 6.37. The summed E-state index contributed by atoms with van der Waals surface area (Å²) in [6, 6.07) is 9.52. The van der Waals surface area contributed by atoms with Gasteiger partial charge < -0.3 is 15.7 Å². The minimum absolute atomic E-state index is 0. The highest BCUT2D eigenvalue weighted by molar-refractivity contribution is 5.85. The standard InChI is InChI=1S/C18H24N4O2.ClH/c1-14-3-5-15(6-4-14)16(23)13-20-17(24)18(7-10-19-11-8-18)22-12-2-9-21-22;/h2-6,9,12,16,19,23H,7-8,10-11,13H2,1H3,(H,20,24);1H. The van der Waals surface area contributed by atoms with Crippen molar-refractivity contribution in [1.29, 1.82) is 0 Å². The molecule has 0 spiro atoms. The molecule has 0 bridgehead atoms. The van der Waals surface area contributed by atoms with Crippen molar-refractivity contribution < 1.29 is 9.90 Å². The van der Waals surface area contributed by atoms with E-state index < -0.39 is 11.6 Å². The van der Waals surface area contributed by atoms with Gasteiger partial charge in [0.25, 0.3) is 0 Å². The first-order valence-electron chi connectivity index (χ1n) is 8.36. The summed E-state index contributed by atoms with van der Waals surface area (Å²) in [6.45, 7) is 3.74. The summed E-state index contributed by atoms with van der Waals surface area (Å²) in [5.74, 6) is -0.0844. The Hall–Kier alpha value is -1.89. The molecule has 1 fully saturated rings. The fourth-order valence-corrected chi connectivity index (χ4v) is 3.18. The molecule has 1 atom stereocenters. The molecule has 6 nitrogen and oxygen atoms in total. The SMILES string of the molecule is Cc1ccc(C(O)CNC(=O)C2(n3cccn3)CCNCC2)cc1.Cl. The third kappa shape index (κ3) is 4.21. The van der Waals surface area contributed by atoms with Crippen molar-refractivity contribution in [3.8, 4) is 0 Å². The number of nitrogens with zero attached hydrogens (tertiary/aromatic N) is 2. The van der Waals surface area contributed by atoms with E-state index >= 15 is 0 Å². The van der Waals surface area contributed by atoms with Crippen LogP contribution < -0.4 is 10.6 Å². The molecule has 1 aromatic heterocycles. The lowest BCUT2D eigenvalue weighted by atomic mass is 9.87. The van der Waals surface area contributed by atoms with E-state index in [1.165, 1.54) is 0 Å². The van der Waals surface area contributed by atoms with Gasteiger partial charge in [-0.3, -0.25) is 9.48 Å². The van der Waals surface area contributed by atoms with Gasteiger partial charge in [0.05, 0.1) is 6.10 Å². The average molecular weight is 365 g/mol. The zero-order valence-corrected chi connectivity index (χ0v) is 15.1. The van der Waals surface area contributed by atoms with E-state index in [0.717, 1.165) is 24.2 Å².